The number of hydrogen-bond donors (Lipinski definition) is 2. The molecule has 2 N–H and O–H groups in total. The van der Waals surface area contributed by atoms with Crippen LogP contribution in [0.25, 0.3) is 0 Å². The number of nitrogens with zero attached hydrogens (tertiary/aromatic N) is 1. The molecule has 0 spiro atoms. The summed E-state index contributed by atoms with van der Waals surface area (Å²) in [5.74, 6) is 0.883. The molecule has 0 aliphatic heterocycles. The van der Waals surface area contributed by atoms with Crippen LogP contribution in [0.4, 0.5) is 17.2 Å². The number of hydrogen-bond acceptors (Lipinski definition) is 3. The third-order valence-electron chi connectivity index (χ3n) is 2.93. The first kappa shape index (κ1) is 14.1. The van der Waals surface area contributed by atoms with Crippen molar-refractivity contribution in [2.24, 2.45) is 0 Å². The minimum absolute atomic E-state index is 0.122. The van der Waals surface area contributed by atoms with Crippen molar-refractivity contribution in [1.29, 1.82) is 0 Å². The van der Waals surface area contributed by atoms with Crippen molar-refractivity contribution in [2.75, 3.05) is 10.6 Å². The molecule has 0 bridgehead atoms. The lowest BCUT2D eigenvalue weighted by Gasteiger charge is -2.14. The van der Waals surface area contributed by atoms with E-state index in [2.05, 4.69) is 41.6 Å². The zero-order valence-corrected chi connectivity index (χ0v) is 12.0. The van der Waals surface area contributed by atoms with Gasteiger partial charge < -0.3 is 10.6 Å². The second-order valence-corrected chi connectivity index (χ2v) is 4.98. The summed E-state index contributed by atoms with van der Waals surface area (Å²) < 4.78 is 0. The fourth-order valence-electron chi connectivity index (χ4n) is 1.99. The van der Waals surface area contributed by atoms with Gasteiger partial charge in [-0.05, 0) is 29.7 Å². The van der Waals surface area contributed by atoms with Crippen molar-refractivity contribution in [3.05, 3.63) is 48.2 Å². The monoisotopic (exact) mass is 269 g/mol. The van der Waals surface area contributed by atoms with E-state index in [-0.39, 0.29) is 5.91 Å². The second kappa shape index (κ2) is 6.19. The predicted molar refractivity (Wildman–Crippen MR) is 82.4 cm³/mol. The summed E-state index contributed by atoms with van der Waals surface area (Å²) in [4.78, 5) is 15.1. The standard InChI is InChI=1S/C16H19N3O/c1-11(2)14-6-4-5-7-15(14)19-13-8-9-16(17-10-13)18-12(3)20/h4-11,19H,1-3H3,(H,17,18,20). The molecule has 4 heteroatoms. The molecule has 104 valence electrons. The van der Waals surface area contributed by atoms with Gasteiger partial charge in [0.05, 0.1) is 11.9 Å². The van der Waals surface area contributed by atoms with Gasteiger partial charge in [0.25, 0.3) is 0 Å². The summed E-state index contributed by atoms with van der Waals surface area (Å²) in [6.45, 7) is 5.80. The Morgan fingerprint density at radius 1 is 1.15 bits per heavy atom. The Bertz CT molecular complexity index is 591. The van der Waals surface area contributed by atoms with E-state index in [1.54, 1.807) is 12.3 Å². The SMILES string of the molecule is CC(=O)Nc1ccc(Nc2ccccc2C(C)C)cn1. The lowest BCUT2D eigenvalue weighted by Crippen LogP contribution is -2.07. The highest BCUT2D eigenvalue weighted by Gasteiger charge is 2.06. The molecular formula is C16H19N3O. The number of amides is 1. The van der Waals surface area contributed by atoms with Gasteiger partial charge in [0.1, 0.15) is 5.82 Å². The first-order valence-corrected chi connectivity index (χ1v) is 6.66. The summed E-state index contributed by atoms with van der Waals surface area (Å²) in [6, 6.07) is 11.9. The topological polar surface area (TPSA) is 54.0 Å². The lowest BCUT2D eigenvalue weighted by molar-refractivity contribution is -0.114. The van der Waals surface area contributed by atoms with Crippen LogP contribution in [0.5, 0.6) is 0 Å². The summed E-state index contributed by atoms with van der Waals surface area (Å²) in [7, 11) is 0. The largest absolute Gasteiger partial charge is 0.354 e. The molecule has 0 aliphatic carbocycles. The molecule has 1 aromatic carbocycles. The maximum Gasteiger partial charge on any atom is 0.222 e. The van der Waals surface area contributed by atoms with Gasteiger partial charge in [0, 0.05) is 12.6 Å². The van der Waals surface area contributed by atoms with Crippen LogP contribution in [-0.2, 0) is 4.79 Å². The van der Waals surface area contributed by atoms with Crippen LogP contribution in [0.3, 0.4) is 0 Å². The Labute approximate surface area is 119 Å². The molecule has 0 saturated heterocycles. The third-order valence-corrected chi connectivity index (χ3v) is 2.93. The van der Waals surface area contributed by atoms with Crippen molar-refractivity contribution in [1.82, 2.24) is 4.98 Å². The van der Waals surface area contributed by atoms with E-state index >= 15 is 0 Å². The molecule has 0 saturated carbocycles. The quantitative estimate of drug-likeness (QED) is 0.884. The van der Waals surface area contributed by atoms with Crippen molar-refractivity contribution in [3.63, 3.8) is 0 Å². The van der Waals surface area contributed by atoms with E-state index in [0.29, 0.717) is 11.7 Å². The Morgan fingerprint density at radius 2 is 1.90 bits per heavy atom. The highest BCUT2D eigenvalue weighted by molar-refractivity contribution is 5.87. The zero-order valence-electron chi connectivity index (χ0n) is 12.0. The van der Waals surface area contributed by atoms with E-state index in [1.807, 2.05) is 18.2 Å². The number of nitrogens with one attached hydrogen (secondary N) is 2. The van der Waals surface area contributed by atoms with Gasteiger partial charge in [-0.1, -0.05) is 32.0 Å². The highest BCUT2D eigenvalue weighted by atomic mass is 16.1. The molecule has 0 unspecified atom stereocenters. The van der Waals surface area contributed by atoms with Gasteiger partial charge in [-0.15, -0.1) is 0 Å². The van der Waals surface area contributed by atoms with Crippen LogP contribution in [0, 0.1) is 0 Å². The van der Waals surface area contributed by atoms with Crippen molar-refractivity contribution >= 4 is 23.1 Å². The van der Waals surface area contributed by atoms with Crippen molar-refractivity contribution in [3.8, 4) is 0 Å². The number of anilines is 3. The summed E-state index contributed by atoms with van der Waals surface area (Å²) in [5.41, 5.74) is 3.24. The van der Waals surface area contributed by atoms with Crippen molar-refractivity contribution < 1.29 is 4.79 Å². The summed E-state index contributed by atoms with van der Waals surface area (Å²) in [5, 5.41) is 6.01. The first-order chi connectivity index (χ1) is 9.56. The number of aromatic nitrogens is 1. The Morgan fingerprint density at radius 3 is 2.50 bits per heavy atom. The molecular weight excluding hydrogens is 250 g/mol. The molecule has 20 heavy (non-hydrogen) atoms. The van der Waals surface area contributed by atoms with E-state index in [4.69, 9.17) is 0 Å². The van der Waals surface area contributed by atoms with Gasteiger partial charge in [-0.25, -0.2) is 4.98 Å². The van der Waals surface area contributed by atoms with Crippen molar-refractivity contribution in [2.45, 2.75) is 26.7 Å². The third kappa shape index (κ3) is 3.57. The minimum Gasteiger partial charge on any atom is -0.354 e. The van der Waals surface area contributed by atoms with E-state index < -0.39 is 0 Å². The summed E-state index contributed by atoms with van der Waals surface area (Å²) >= 11 is 0. The number of benzene rings is 1. The van der Waals surface area contributed by atoms with Gasteiger partial charge in [-0.3, -0.25) is 4.79 Å². The maximum absolute atomic E-state index is 10.9. The average Bonchev–Trinajstić information content (AvgIpc) is 2.41. The number of rotatable bonds is 4. The number of carbonyl (C=O) groups excluding carboxylic acids is 1. The van der Waals surface area contributed by atoms with Crippen LogP contribution < -0.4 is 10.6 Å². The van der Waals surface area contributed by atoms with Gasteiger partial charge >= 0.3 is 0 Å². The fourth-order valence-corrected chi connectivity index (χ4v) is 1.99. The van der Waals surface area contributed by atoms with E-state index in [1.165, 1.54) is 12.5 Å². The molecule has 2 rings (SSSR count). The molecule has 1 heterocycles. The number of carbonyl (C=O) groups is 1. The molecule has 1 aromatic heterocycles. The second-order valence-electron chi connectivity index (χ2n) is 4.98. The number of pyridine rings is 1. The van der Waals surface area contributed by atoms with Gasteiger partial charge in [0.2, 0.25) is 5.91 Å². The molecule has 0 aliphatic rings. The lowest BCUT2D eigenvalue weighted by atomic mass is 10.0. The minimum atomic E-state index is -0.122. The van der Waals surface area contributed by atoms with E-state index in [0.717, 1.165) is 11.4 Å². The van der Waals surface area contributed by atoms with Crippen LogP contribution in [0.1, 0.15) is 32.3 Å². The predicted octanol–water partition coefficient (Wildman–Crippen LogP) is 3.91. The molecule has 0 fully saturated rings. The van der Waals surface area contributed by atoms with Crippen LogP contribution in [-0.4, -0.2) is 10.9 Å². The van der Waals surface area contributed by atoms with Crippen LogP contribution in [0.2, 0.25) is 0 Å². The van der Waals surface area contributed by atoms with Gasteiger partial charge in [0.15, 0.2) is 0 Å². The van der Waals surface area contributed by atoms with Crippen LogP contribution >= 0.6 is 0 Å². The molecule has 2 aromatic rings. The molecule has 1 amide bonds. The molecule has 0 atom stereocenters. The zero-order chi connectivity index (χ0) is 14.5. The Balaban J connectivity index is 2.16. The first-order valence-electron chi connectivity index (χ1n) is 6.66. The Kier molecular flexibility index (Phi) is 4.35. The summed E-state index contributed by atoms with van der Waals surface area (Å²) in [6.07, 6.45) is 1.71. The van der Waals surface area contributed by atoms with E-state index in [9.17, 15) is 4.79 Å². The molecule has 4 nitrogen and oxygen atoms in total. The van der Waals surface area contributed by atoms with Gasteiger partial charge in [-0.2, -0.15) is 0 Å². The fraction of sp³-hybridized carbons (Fsp3) is 0.250. The average molecular weight is 269 g/mol. The maximum atomic E-state index is 10.9. The van der Waals surface area contributed by atoms with Crippen LogP contribution in [0.15, 0.2) is 42.6 Å². The number of para-hydroxylation sites is 1. The Hall–Kier alpha value is -2.36. The smallest absolute Gasteiger partial charge is 0.222 e. The molecule has 0 radical (unpaired) electrons. The normalized spacial score (nSPS) is 10.4. The highest BCUT2D eigenvalue weighted by Crippen LogP contribution is 2.26.